The topological polar surface area (TPSA) is 0 Å². The van der Waals surface area contributed by atoms with Gasteiger partial charge in [0.15, 0.2) is 0 Å². The molecule has 0 nitrogen and oxygen atoms in total. The Morgan fingerprint density at radius 2 is 0.250 bits per heavy atom. The molecule has 0 aliphatic carbocycles. The Kier molecular flexibility index (Phi) is 640. The average molecular weight is 493 g/mol. The molecule has 0 N–H and O–H groups in total. The second-order valence-electron chi connectivity index (χ2n) is 0. The molecule has 0 aromatic carbocycles. The van der Waals surface area contributed by atoms with E-state index < -0.39 is 0 Å². The summed E-state index contributed by atoms with van der Waals surface area (Å²) >= 11 is 0. The third-order valence-corrected chi connectivity index (χ3v) is 0. The number of halogens is 6. The van der Waals surface area contributed by atoms with Crippen molar-refractivity contribution < 1.29 is 158 Å². The molecular weight excluding hydrogens is 493 g/mol. The summed E-state index contributed by atoms with van der Waals surface area (Å²) in [5.41, 5.74) is 0. The Balaban J connectivity index is 0. The van der Waals surface area contributed by atoms with Gasteiger partial charge in [0.25, 0.3) is 0 Å². The van der Waals surface area contributed by atoms with Crippen LogP contribution in [0.3, 0.4) is 0 Å². The predicted octanol–water partition coefficient (Wildman–Crippen LogP) is -18.0. The molecule has 0 aliphatic rings. The third-order valence-electron chi connectivity index (χ3n) is 0. The molecule has 2 radical (unpaired) electrons. The van der Waals surface area contributed by atoms with E-state index in [1.165, 1.54) is 0 Å². The molecule has 0 fully saturated rings. The Bertz CT molecular complexity index is 6.49. The van der Waals surface area contributed by atoms with Gasteiger partial charge in [-0.2, -0.15) is 0 Å². The normalized spacial score (nSPS) is 0. The van der Waals surface area contributed by atoms with E-state index in [4.69, 9.17) is 0 Å². The Morgan fingerprint density at radius 3 is 0.250 bits per heavy atom. The van der Waals surface area contributed by atoms with E-state index in [1.54, 1.807) is 0 Å². The first kappa shape index (κ1) is 81.7. The maximum Gasteiger partial charge on any atom is 3.00 e. The fourth-order valence-electron chi connectivity index (χ4n) is 0. The van der Waals surface area contributed by atoms with Crippen molar-refractivity contribution in [2.24, 2.45) is 0 Å². The van der Waals surface area contributed by atoms with E-state index >= 15 is 0 Å². The van der Waals surface area contributed by atoms with Crippen molar-refractivity contribution in [3.63, 3.8) is 0 Å². The predicted molar refractivity (Wildman–Crippen MR) is 0 cm³/mol. The van der Waals surface area contributed by atoms with Crippen molar-refractivity contribution in [1.29, 1.82) is 0 Å². The van der Waals surface area contributed by atoms with Crippen molar-refractivity contribution >= 4 is 0 Å². The van der Waals surface area contributed by atoms with Gasteiger partial charge in [0.2, 0.25) is 0 Å². The number of hydrogen-bond donors (Lipinski definition) is 0. The Labute approximate surface area is 154 Å². The first-order valence-corrected chi connectivity index (χ1v) is 0. The maximum absolute atomic E-state index is 0. The minimum Gasteiger partial charge on any atom is -1.00 e. The van der Waals surface area contributed by atoms with Gasteiger partial charge in [0, 0.05) is 0 Å². The molecule has 8 heavy (non-hydrogen) atoms. The second kappa shape index (κ2) is 62.7. The molecule has 0 saturated carbocycles. The van der Waals surface area contributed by atoms with Crippen LogP contribution in [0.5, 0.6) is 0 Å². The molecule has 0 bridgehead atoms. The zero-order valence-corrected chi connectivity index (χ0v) is 14.1. The van der Waals surface area contributed by atoms with E-state index in [9.17, 15) is 0 Å². The fraction of sp³-hybridized carbons (Fsp3) is 0. The first-order valence-electron chi connectivity index (χ1n) is 0. The van der Waals surface area contributed by atoms with Gasteiger partial charge in [0.05, 0.1) is 0 Å². The molecule has 0 heterocycles. The van der Waals surface area contributed by atoms with Crippen LogP contribution < -0.4 is 74.4 Å². The van der Waals surface area contributed by atoms with Crippen LogP contribution in [-0.4, -0.2) is 0 Å². The summed E-state index contributed by atoms with van der Waals surface area (Å²) in [5, 5.41) is 0. The molecule has 0 spiro atoms. The summed E-state index contributed by atoms with van der Waals surface area (Å²) in [7, 11) is 0. The molecule has 50 valence electrons. The maximum atomic E-state index is 0. The van der Waals surface area contributed by atoms with Gasteiger partial charge in [-0.3, -0.25) is 0 Å². The van der Waals surface area contributed by atoms with Gasteiger partial charge in [-0.15, -0.1) is 0 Å². The van der Waals surface area contributed by atoms with E-state index in [-0.39, 0.29) is 158 Å². The Morgan fingerprint density at radius 1 is 0.250 bits per heavy atom. The molecule has 0 amide bonds. The van der Waals surface area contributed by atoms with Crippen LogP contribution in [0.25, 0.3) is 0 Å². The Hall–Kier alpha value is 4.49. The van der Waals surface area contributed by atoms with Gasteiger partial charge in [-0.25, -0.2) is 0 Å². The summed E-state index contributed by atoms with van der Waals surface area (Å²) in [6, 6.07) is 0. The van der Waals surface area contributed by atoms with Crippen LogP contribution in [0.2, 0.25) is 0 Å². The van der Waals surface area contributed by atoms with Crippen molar-refractivity contribution in [1.82, 2.24) is 0 Å². The summed E-state index contributed by atoms with van der Waals surface area (Å²) in [4.78, 5) is 0. The average Bonchev–Trinajstić information content (AvgIpc) is 0. The zero-order valence-electron chi connectivity index (χ0n) is 3.27. The summed E-state index contributed by atoms with van der Waals surface area (Å²) in [5.74, 6) is 0. The standard InChI is InChI=1S/2Ce.6ClH/h;;6*1H/q2*+3;;;;;;/p-6. The van der Waals surface area contributed by atoms with Crippen molar-refractivity contribution in [2.45, 2.75) is 0 Å². The van der Waals surface area contributed by atoms with Crippen molar-refractivity contribution in [3.8, 4) is 0 Å². The van der Waals surface area contributed by atoms with Gasteiger partial charge in [-0.05, 0) is 0 Å². The van der Waals surface area contributed by atoms with E-state index in [2.05, 4.69) is 0 Å². The van der Waals surface area contributed by atoms with Crippen LogP contribution in [0.1, 0.15) is 0 Å². The van der Waals surface area contributed by atoms with Gasteiger partial charge >= 0.3 is 83.5 Å². The molecule has 8 heteroatoms. The van der Waals surface area contributed by atoms with E-state index in [1.807, 2.05) is 0 Å². The van der Waals surface area contributed by atoms with Gasteiger partial charge < -0.3 is 74.4 Å². The summed E-state index contributed by atoms with van der Waals surface area (Å²) in [6.07, 6.45) is 0. The summed E-state index contributed by atoms with van der Waals surface area (Å²) in [6.45, 7) is 0. The van der Waals surface area contributed by atoms with Crippen LogP contribution in [0, 0.1) is 83.5 Å². The molecule has 0 aromatic rings. The third kappa shape index (κ3) is 46.8. The molecule has 0 unspecified atom stereocenters. The zero-order chi connectivity index (χ0) is 0. The van der Waals surface area contributed by atoms with Crippen molar-refractivity contribution in [3.05, 3.63) is 0 Å². The molecule has 0 rings (SSSR count). The molecule has 0 aliphatic heterocycles. The first-order chi connectivity index (χ1) is 0. The van der Waals surface area contributed by atoms with Crippen LogP contribution >= 0.6 is 0 Å². The largest absolute Gasteiger partial charge is 3.00 e. The van der Waals surface area contributed by atoms with Gasteiger partial charge in [-0.1, -0.05) is 0 Å². The minimum atomic E-state index is 0. The second-order valence-corrected chi connectivity index (χ2v) is 0. The fourth-order valence-corrected chi connectivity index (χ4v) is 0. The smallest absolute Gasteiger partial charge is 1.00 e. The quantitative estimate of drug-likeness (QED) is 0.315. The van der Waals surface area contributed by atoms with E-state index in [0.29, 0.717) is 0 Å². The number of hydrogen-bond acceptors (Lipinski definition) is 0. The minimum absolute atomic E-state index is 0. The monoisotopic (exact) mass is 490 g/mol. The van der Waals surface area contributed by atoms with E-state index in [0.717, 1.165) is 0 Å². The summed E-state index contributed by atoms with van der Waals surface area (Å²) < 4.78 is 0. The number of rotatable bonds is 0. The van der Waals surface area contributed by atoms with Crippen LogP contribution in [0.15, 0.2) is 0 Å². The molecule has 0 saturated heterocycles. The van der Waals surface area contributed by atoms with Crippen LogP contribution in [0.4, 0.5) is 0 Å². The van der Waals surface area contributed by atoms with Gasteiger partial charge in [0.1, 0.15) is 0 Å². The van der Waals surface area contributed by atoms with Crippen LogP contribution in [-0.2, 0) is 0 Å². The molecular formula is Ce2Cl6. The SMILES string of the molecule is [Ce+3].[Ce+3].[Cl-].[Cl-].[Cl-].[Cl-].[Cl-].[Cl-]. The molecule has 0 atom stereocenters. The molecule has 0 aromatic heterocycles. The van der Waals surface area contributed by atoms with Crippen molar-refractivity contribution in [2.75, 3.05) is 0 Å².